The molecule has 3 N–H and O–H groups in total. The van der Waals surface area contributed by atoms with E-state index >= 15 is 0 Å². The van der Waals surface area contributed by atoms with E-state index in [1.54, 1.807) is 0 Å². The number of aliphatic hydroxyl groups excluding tert-OH is 1. The van der Waals surface area contributed by atoms with Gasteiger partial charge >= 0.3 is 0 Å². The van der Waals surface area contributed by atoms with Crippen LogP contribution in [0.25, 0.3) is 10.8 Å². The van der Waals surface area contributed by atoms with Crippen LogP contribution in [-0.2, 0) is 15.8 Å². The fourth-order valence-electron chi connectivity index (χ4n) is 3.89. The molecule has 1 heterocycles. The van der Waals surface area contributed by atoms with Gasteiger partial charge in [0.25, 0.3) is 0 Å². The van der Waals surface area contributed by atoms with Crippen LogP contribution in [0.4, 0.5) is 11.4 Å². The van der Waals surface area contributed by atoms with Gasteiger partial charge in [0.1, 0.15) is 11.0 Å². The highest BCUT2D eigenvalue weighted by Gasteiger charge is 2.39. The van der Waals surface area contributed by atoms with Gasteiger partial charge in [0, 0.05) is 42.0 Å². The number of rotatable bonds is 7. The molecule has 1 aliphatic carbocycles. The van der Waals surface area contributed by atoms with Crippen LogP contribution in [0.5, 0.6) is 0 Å². The minimum absolute atomic E-state index is 0.0424. The van der Waals surface area contributed by atoms with Crippen molar-refractivity contribution < 1.29 is 14.1 Å². The summed E-state index contributed by atoms with van der Waals surface area (Å²) >= 11 is 0. The van der Waals surface area contributed by atoms with E-state index in [1.807, 2.05) is 30.3 Å². The number of carbonyl (C=O) groups excluding carboxylic acids is 1. The quantitative estimate of drug-likeness (QED) is 0.592. The Morgan fingerprint density at radius 3 is 2.67 bits per heavy atom. The van der Waals surface area contributed by atoms with Crippen molar-refractivity contribution in [2.75, 3.05) is 29.9 Å². The van der Waals surface area contributed by atoms with Crippen LogP contribution >= 0.6 is 0 Å². The summed E-state index contributed by atoms with van der Waals surface area (Å²) in [4.78, 5) is 14.8. The molecule has 6 nitrogen and oxygen atoms in total. The molecule has 1 unspecified atom stereocenters. The zero-order chi connectivity index (χ0) is 21.3. The van der Waals surface area contributed by atoms with Crippen molar-refractivity contribution in [1.29, 1.82) is 0 Å². The van der Waals surface area contributed by atoms with Gasteiger partial charge in [0.2, 0.25) is 5.91 Å². The van der Waals surface area contributed by atoms with Crippen molar-refractivity contribution in [2.24, 2.45) is 5.92 Å². The lowest BCUT2D eigenvalue weighted by atomic mass is 9.96. The third-order valence-corrected chi connectivity index (χ3v) is 7.47. The van der Waals surface area contributed by atoms with E-state index in [4.69, 9.17) is 0 Å². The van der Waals surface area contributed by atoms with Gasteiger partial charge in [-0.15, -0.1) is 0 Å². The van der Waals surface area contributed by atoms with Crippen LogP contribution in [0, 0.1) is 5.92 Å². The molecule has 0 spiro atoms. The Balaban J connectivity index is 1.72. The van der Waals surface area contributed by atoms with Crippen LogP contribution in [0.2, 0.25) is 0 Å². The average Bonchev–Trinajstić information content (AvgIpc) is 3.49. The predicted octanol–water partition coefficient (Wildman–Crippen LogP) is 3.34. The van der Waals surface area contributed by atoms with Crippen LogP contribution in [0.15, 0.2) is 47.9 Å². The lowest BCUT2D eigenvalue weighted by Gasteiger charge is -2.34. The highest BCUT2D eigenvalue weighted by molar-refractivity contribution is 7.83. The molecule has 1 saturated carbocycles. The van der Waals surface area contributed by atoms with Gasteiger partial charge in [-0.2, -0.15) is 0 Å². The zero-order valence-corrected chi connectivity index (χ0v) is 18.1. The number of benzene rings is 2. The second-order valence-corrected chi connectivity index (χ2v) is 9.83. The molecule has 7 heteroatoms. The van der Waals surface area contributed by atoms with Gasteiger partial charge in [0.05, 0.1) is 4.90 Å². The molecule has 2 aromatic rings. The number of hydrogen-bond donors (Lipinski definition) is 3. The Morgan fingerprint density at radius 1 is 1.30 bits per heavy atom. The molecule has 4 rings (SSSR count). The first-order valence-electron chi connectivity index (χ1n) is 10.5. The Kier molecular flexibility index (Phi) is 5.95. The van der Waals surface area contributed by atoms with Crippen molar-refractivity contribution in [2.45, 2.75) is 43.0 Å². The van der Waals surface area contributed by atoms with Gasteiger partial charge in [0.15, 0.2) is 0 Å². The summed E-state index contributed by atoms with van der Waals surface area (Å²) in [6, 6.07) is 9.77. The number of hydrogen-bond acceptors (Lipinski definition) is 4. The molecule has 1 aliphatic heterocycles. The molecule has 2 aliphatic rings. The Hall–Kier alpha value is -2.22. The predicted molar refractivity (Wildman–Crippen MR) is 122 cm³/mol. The fourth-order valence-corrected chi connectivity index (χ4v) is 5.11. The summed E-state index contributed by atoms with van der Waals surface area (Å²) in [6.45, 7) is 7.54. The van der Waals surface area contributed by atoms with Gasteiger partial charge in [-0.25, -0.2) is 8.93 Å². The van der Waals surface area contributed by atoms with E-state index in [0.717, 1.165) is 60.1 Å². The molecule has 0 radical (unpaired) electrons. The van der Waals surface area contributed by atoms with E-state index in [1.165, 1.54) is 6.08 Å². The standard InChI is InChI=1S/C23H29N3O3S/c1-3-22(28)24-18-4-5-20-17(12-18)13-19(30(29)25-23(2)8-9-23)14-21(20)26-10-6-16(15-27)7-11-26/h3-5,12-14,16,25,27H,1,6-11,15H2,2H3,(H,24,28). The first kappa shape index (κ1) is 21.0. The fraction of sp³-hybridized carbons (Fsp3) is 0.435. The van der Waals surface area contributed by atoms with Crippen LogP contribution in [0.3, 0.4) is 0 Å². The maximum absolute atomic E-state index is 13.1. The zero-order valence-electron chi connectivity index (χ0n) is 17.3. The largest absolute Gasteiger partial charge is 0.396 e. The van der Waals surface area contributed by atoms with Gasteiger partial charge in [-0.05, 0) is 74.3 Å². The molecule has 1 atom stereocenters. The Labute approximate surface area is 179 Å². The number of nitrogens with one attached hydrogen (secondary N) is 2. The molecule has 160 valence electrons. The normalized spacial score (nSPS) is 19.5. The summed E-state index contributed by atoms with van der Waals surface area (Å²) in [5.41, 5.74) is 1.69. The molecule has 0 bridgehead atoms. The van der Waals surface area contributed by atoms with Crippen LogP contribution < -0.4 is 14.9 Å². The molecule has 2 aromatic carbocycles. The van der Waals surface area contributed by atoms with E-state index in [-0.39, 0.29) is 18.1 Å². The average molecular weight is 428 g/mol. The maximum Gasteiger partial charge on any atom is 0.247 e. The highest BCUT2D eigenvalue weighted by atomic mass is 32.2. The van der Waals surface area contributed by atoms with Crippen LogP contribution in [-0.4, -0.2) is 40.5 Å². The van der Waals surface area contributed by atoms with E-state index in [9.17, 15) is 14.1 Å². The highest BCUT2D eigenvalue weighted by Crippen LogP contribution is 2.37. The van der Waals surface area contributed by atoms with Crippen molar-refractivity contribution in [3.63, 3.8) is 0 Å². The molecule has 2 fully saturated rings. The van der Waals surface area contributed by atoms with E-state index < -0.39 is 11.0 Å². The first-order valence-corrected chi connectivity index (χ1v) is 11.6. The number of anilines is 2. The third kappa shape index (κ3) is 4.58. The number of amides is 1. The lowest BCUT2D eigenvalue weighted by Crippen LogP contribution is -2.35. The van der Waals surface area contributed by atoms with Crippen LogP contribution in [0.1, 0.15) is 32.6 Å². The van der Waals surface area contributed by atoms with E-state index in [0.29, 0.717) is 11.6 Å². The summed E-state index contributed by atoms with van der Waals surface area (Å²) in [6.07, 6.45) is 5.19. The minimum Gasteiger partial charge on any atom is -0.396 e. The van der Waals surface area contributed by atoms with Crippen molar-refractivity contribution >= 4 is 39.0 Å². The molecule has 30 heavy (non-hydrogen) atoms. The van der Waals surface area contributed by atoms with Gasteiger partial charge < -0.3 is 15.3 Å². The number of aliphatic hydroxyl groups is 1. The van der Waals surface area contributed by atoms with Crippen molar-refractivity contribution in [3.8, 4) is 0 Å². The monoisotopic (exact) mass is 427 g/mol. The summed E-state index contributed by atoms with van der Waals surface area (Å²) in [5.74, 6) is 0.0886. The molecular weight excluding hydrogens is 398 g/mol. The van der Waals surface area contributed by atoms with Gasteiger partial charge in [-0.3, -0.25) is 4.79 Å². The second kappa shape index (κ2) is 8.49. The molecule has 0 aromatic heterocycles. The summed E-state index contributed by atoms with van der Waals surface area (Å²) < 4.78 is 16.3. The second-order valence-electron chi connectivity index (χ2n) is 8.62. The first-order chi connectivity index (χ1) is 14.4. The lowest BCUT2D eigenvalue weighted by molar-refractivity contribution is -0.111. The topological polar surface area (TPSA) is 81.7 Å². The smallest absolute Gasteiger partial charge is 0.247 e. The van der Waals surface area contributed by atoms with Crippen molar-refractivity contribution in [3.05, 3.63) is 43.0 Å². The number of piperidine rings is 1. The van der Waals surface area contributed by atoms with Crippen molar-refractivity contribution in [1.82, 2.24) is 4.72 Å². The Bertz CT molecular complexity index is 995. The summed E-state index contributed by atoms with van der Waals surface area (Å²) in [7, 11) is -1.31. The molecule has 1 saturated heterocycles. The maximum atomic E-state index is 13.1. The van der Waals surface area contributed by atoms with E-state index in [2.05, 4.69) is 28.4 Å². The number of carbonyl (C=O) groups is 1. The minimum atomic E-state index is -1.31. The molecular formula is C23H29N3O3S. The number of fused-ring (bicyclic) bond motifs is 1. The SMILES string of the molecule is C=CC(=O)Nc1ccc2c(N3CCC(CO)CC3)cc(S(=O)NC3(C)CC3)cc2c1. The summed E-state index contributed by atoms with van der Waals surface area (Å²) in [5, 5.41) is 14.3. The Morgan fingerprint density at radius 2 is 2.03 bits per heavy atom. The molecule has 1 amide bonds. The van der Waals surface area contributed by atoms with Gasteiger partial charge in [-0.1, -0.05) is 12.6 Å². The number of nitrogens with zero attached hydrogens (tertiary/aromatic N) is 1. The third-order valence-electron chi connectivity index (χ3n) is 6.12.